The van der Waals surface area contributed by atoms with Gasteiger partial charge in [-0.3, -0.25) is 4.79 Å². The average Bonchev–Trinajstić information content (AvgIpc) is 2.23. The molecule has 0 atom stereocenters. The van der Waals surface area contributed by atoms with E-state index < -0.39 is 0 Å². The Morgan fingerprint density at radius 1 is 1.44 bits per heavy atom. The van der Waals surface area contributed by atoms with Crippen LogP contribution < -0.4 is 5.73 Å². The van der Waals surface area contributed by atoms with Gasteiger partial charge >= 0.3 is 0 Å². The van der Waals surface area contributed by atoms with E-state index in [1.807, 2.05) is 11.9 Å². The smallest absolute Gasteiger partial charge is 0.229 e. The van der Waals surface area contributed by atoms with Crippen LogP contribution in [0.25, 0.3) is 0 Å². The second kappa shape index (κ2) is 5.67. The van der Waals surface area contributed by atoms with Gasteiger partial charge < -0.3 is 10.6 Å². The number of amides is 1. The van der Waals surface area contributed by atoms with Crippen molar-refractivity contribution in [3.05, 3.63) is 0 Å². The van der Waals surface area contributed by atoms with Crippen LogP contribution in [0.2, 0.25) is 0 Å². The Morgan fingerprint density at radius 2 is 2.06 bits per heavy atom. The number of carbonyl (C=O) groups is 1. The first kappa shape index (κ1) is 13.5. The number of rotatable bonds is 6. The second-order valence-corrected chi connectivity index (χ2v) is 5.43. The minimum atomic E-state index is -0.222. The van der Waals surface area contributed by atoms with Gasteiger partial charge in [0.15, 0.2) is 0 Å². The fourth-order valence-corrected chi connectivity index (χ4v) is 2.81. The lowest BCUT2D eigenvalue weighted by atomic mass is 9.62. The summed E-state index contributed by atoms with van der Waals surface area (Å²) >= 11 is 0. The molecule has 1 rings (SSSR count). The summed E-state index contributed by atoms with van der Waals surface area (Å²) in [6, 6.07) is 0. The first-order valence-electron chi connectivity index (χ1n) is 6.51. The molecule has 3 nitrogen and oxygen atoms in total. The molecule has 0 unspecified atom stereocenters. The van der Waals surface area contributed by atoms with Gasteiger partial charge in [0.2, 0.25) is 5.91 Å². The Balaban J connectivity index is 2.43. The number of nitrogens with two attached hydrogens (primary N) is 1. The molecule has 0 spiro atoms. The zero-order chi connectivity index (χ0) is 12.2. The summed E-state index contributed by atoms with van der Waals surface area (Å²) in [6.07, 6.45) is 5.45. The molecule has 16 heavy (non-hydrogen) atoms. The first-order valence-corrected chi connectivity index (χ1v) is 6.51. The quantitative estimate of drug-likeness (QED) is 0.704. The Labute approximate surface area is 99.4 Å². The minimum absolute atomic E-state index is 0.222. The van der Waals surface area contributed by atoms with Crippen molar-refractivity contribution in [1.29, 1.82) is 0 Å². The van der Waals surface area contributed by atoms with Crippen molar-refractivity contribution in [2.45, 2.75) is 46.0 Å². The van der Waals surface area contributed by atoms with Crippen molar-refractivity contribution < 1.29 is 4.79 Å². The molecule has 2 N–H and O–H groups in total. The summed E-state index contributed by atoms with van der Waals surface area (Å²) in [4.78, 5) is 14.1. The summed E-state index contributed by atoms with van der Waals surface area (Å²) in [6.45, 7) is 5.76. The highest BCUT2D eigenvalue weighted by Gasteiger charge is 2.48. The highest BCUT2D eigenvalue weighted by Crippen LogP contribution is 2.45. The van der Waals surface area contributed by atoms with Gasteiger partial charge in [-0.15, -0.1) is 0 Å². The minimum Gasteiger partial charge on any atom is -0.345 e. The summed E-state index contributed by atoms with van der Waals surface area (Å²) in [5, 5.41) is 0. The van der Waals surface area contributed by atoms with Gasteiger partial charge in [-0.05, 0) is 25.2 Å². The van der Waals surface area contributed by atoms with Crippen molar-refractivity contribution in [3.8, 4) is 0 Å². The second-order valence-electron chi connectivity index (χ2n) is 5.43. The Bertz CT molecular complexity index is 234. The fourth-order valence-electron chi connectivity index (χ4n) is 2.81. The predicted molar refractivity (Wildman–Crippen MR) is 67.0 cm³/mol. The summed E-state index contributed by atoms with van der Waals surface area (Å²) in [7, 11) is 1.92. The number of carbonyl (C=O) groups excluding carboxylic acids is 1. The Morgan fingerprint density at radius 3 is 2.50 bits per heavy atom. The van der Waals surface area contributed by atoms with Gasteiger partial charge in [0.05, 0.1) is 5.41 Å². The number of hydrogen-bond acceptors (Lipinski definition) is 2. The van der Waals surface area contributed by atoms with Crippen LogP contribution in [0, 0.1) is 11.3 Å². The number of unbranched alkanes of at least 4 members (excludes halogenated alkanes) is 2. The molecule has 1 saturated carbocycles. The molecular weight excluding hydrogens is 200 g/mol. The third-order valence-electron chi connectivity index (χ3n) is 3.77. The maximum absolute atomic E-state index is 12.3. The lowest BCUT2D eigenvalue weighted by Crippen LogP contribution is -2.53. The van der Waals surface area contributed by atoms with Crippen LogP contribution >= 0.6 is 0 Å². The van der Waals surface area contributed by atoms with Crippen molar-refractivity contribution in [1.82, 2.24) is 4.90 Å². The Hall–Kier alpha value is -0.570. The van der Waals surface area contributed by atoms with Crippen LogP contribution in [0.5, 0.6) is 0 Å². The van der Waals surface area contributed by atoms with Gasteiger partial charge in [0.25, 0.3) is 0 Å². The maximum Gasteiger partial charge on any atom is 0.229 e. The zero-order valence-corrected chi connectivity index (χ0v) is 11.0. The van der Waals surface area contributed by atoms with E-state index in [1.54, 1.807) is 0 Å². The van der Waals surface area contributed by atoms with E-state index in [-0.39, 0.29) is 11.3 Å². The van der Waals surface area contributed by atoms with E-state index in [0.29, 0.717) is 12.5 Å². The topological polar surface area (TPSA) is 46.3 Å². The van der Waals surface area contributed by atoms with E-state index in [2.05, 4.69) is 13.8 Å². The van der Waals surface area contributed by atoms with Crippen LogP contribution in [0.15, 0.2) is 0 Å². The van der Waals surface area contributed by atoms with E-state index in [9.17, 15) is 4.79 Å². The highest BCUT2D eigenvalue weighted by atomic mass is 16.2. The van der Waals surface area contributed by atoms with Crippen molar-refractivity contribution in [2.75, 3.05) is 20.1 Å². The monoisotopic (exact) mass is 226 g/mol. The molecule has 0 aromatic rings. The Kier molecular flexibility index (Phi) is 4.78. The lowest BCUT2D eigenvalue weighted by Gasteiger charge is -2.46. The summed E-state index contributed by atoms with van der Waals surface area (Å²) < 4.78 is 0. The molecule has 0 aliphatic heterocycles. The molecule has 0 aromatic heterocycles. The predicted octanol–water partition coefficient (Wildman–Crippen LogP) is 2.01. The molecule has 0 bridgehead atoms. The van der Waals surface area contributed by atoms with Gasteiger partial charge in [0.1, 0.15) is 0 Å². The molecule has 1 fully saturated rings. The highest BCUT2D eigenvalue weighted by molar-refractivity contribution is 5.83. The van der Waals surface area contributed by atoms with Crippen molar-refractivity contribution >= 4 is 5.91 Å². The average molecular weight is 226 g/mol. The normalized spacial score (nSPS) is 28.6. The van der Waals surface area contributed by atoms with Crippen molar-refractivity contribution in [2.24, 2.45) is 17.1 Å². The molecule has 94 valence electrons. The molecule has 0 radical (unpaired) electrons. The molecule has 0 saturated heterocycles. The third-order valence-corrected chi connectivity index (χ3v) is 3.77. The molecule has 1 amide bonds. The van der Waals surface area contributed by atoms with E-state index >= 15 is 0 Å². The van der Waals surface area contributed by atoms with Crippen molar-refractivity contribution in [3.63, 3.8) is 0 Å². The number of hydrogen-bond donors (Lipinski definition) is 1. The molecule has 0 heterocycles. The lowest BCUT2D eigenvalue weighted by molar-refractivity contribution is -0.148. The van der Waals surface area contributed by atoms with Crippen LogP contribution in [-0.4, -0.2) is 30.9 Å². The van der Waals surface area contributed by atoms with Gasteiger partial charge in [0, 0.05) is 20.1 Å². The number of nitrogens with zero attached hydrogens (tertiary/aromatic N) is 1. The van der Waals surface area contributed by atoms with Crippen LogP contribution in [0.4, 0.5) is 0 Å². The van der Waals surface area contributed by atoms with Crippen LogP contribution in [-0.2, 0) is 4.79 Å². The van der Waals surface area contributed by atoms with E-state index in [0.717, 1.165) is 25.8 Å². The van der Waals surface area contributed by atoms with Gasteiger partial charge in [-0.2, -0.15) is 0 Å². The van der Waals surface area contributed by atoms with Gasteiger partial charge in [-0.1, -0.05) is 26.7 Å². The molecule has 1 aliphatic carbocycles. The maximum atomic E-state index is 12.3. The summed E-state index contributed by atoms with van der Waals surface area (Å²) in [5.74, 6) is 0.931. The SMILES string of the molecule is CCCCCN(C)C(=O)C1(CN)CC(C)C1. The van der Waals surface area contributed by atoms with Crippen LogP contribution in [0.1, 0.15) is 46.0 Å². The third kappa shape index (κ3) is 2.76. The van der Waals surface area contributed by atoms with E-state index in [1.165, 1.54) is 12.8 Å². The fraction of sp³-hybridized carbons (Fsp3) is 0.923. The largest absolute Gasteiger partial charge is 0.345 e. The first-order chi connectivity index (χ1) is 7.55. The summed E-state index contributed by atoms with van der Waals surface area (Å²) in [5.41, 5.74) is 5.56. The molecule has 1 aliphatic rings. The molecule has 3 heteroatoms. The standard InChI is InChI=1S/C13H26N2O/c1-4-5-6-7-15(3)12(16)13(10-14)8-11(2)9-13/h11H,4-10,14H2,1-3H3. The molecule has 0 aromatic carbocycles. The molecular formula is C13H26N2O. The zero-order valence-electron chi connectivity index (χ0n) is 11.0. The van der Waals surface area contributed by atoms with E-state index in [4.69, 9.17) is 5.73 Å². The van der Waals surface area contributed by atoms with Crippen LogP contribution in [0.3, 0.4) is 0 Å². The van der Waals surface area contributed by atoms with Gasteiger partial charge in [-0.25, -0.2) is 0 Å².